The second kappa shape index (κ2) is 7.41. The van der Waals surface area contributed by atoms with E-state index in [1.165, 1.54) is 19.8 Å². The molecule has 5 rings (SSSR count). The normalized spacial score (nSPS) is 18.3. The predicted molar refractivity (Wildman–Crippen MR) is 114 cm³/mol. The van der Waals surface area contributed by atoms with Gasteiger partial charge in [0.1, 0.15) is 12.4 Å². The van der Waals surface area contributed by atoms with Gasteiger partial charge in [-0.1, -0.05) is 0 Å². The van der Waals surface area contributed by atoms with Crippen LogP contribution in [-0.2, 0) is 4.79 Å². The summed E-state index contributed by atoms with van der Waals surface area (Å²) in [5.74, 6) is 3.29. The number of benzene rings is 1. The Bertz CT molecular complexity index is 1020. The first kappa shape index (κ1) is 18.0. The third-order valence-electron chi connectivity index (χ3n) is 4.79. The molecule has 3 heterocycles. The number of hydrogen-bond acceptors (Lipinski definition) is 7. The van der Waals surface area contributed by atoms with Crippen LogP contribution in [0.5, 0.6) is 0 Å². The highest BCUT2D eigenvalue weighted by Crippen LogP contribution is 2.39. The average Bonchev–Trinajstić information content (AvgIpc) is 3.25. The minimum atomic E-state index is -0.0735. The Morgan fingerprint density at radius 3 is 2.90 bits per heavy atom. The molecule has 0 saturated heterocycles. The summed E-state index contributed by atoms with van der Waals surface area (Å²) in [5, 5.41) is 13.7. The lowest BCUT2D eigenvalue weighted by Gasteiger charge is -2.24. The van der Waals surface area contributed by atoms with Gasteiger partial charge in [-0.05, 0) is 54.0 Å². The Labute approximate surface area is 172 Å². The van der Waals surface area contributed by atoms with Gasteiger partial charge in [-0.15, -0.1) is 0 Å². The van der Waals surface area contributed by atoms with Gasteiger partial charge in [-0.3, -0.25) is 19.5 Å². The summed E-state index contributed by atoms with van der Waals surface area (Å²) in [5.41, 5.74) is 1.92. The van der Waals surface area contributed by atoms with Gasteiger partial charge in [0.25, 0.3) is 11.7 Å². The molecule has 0 atom stereocenters. The Morgan fingerprint density at radius 1 is 1.31 bits per heavy atom. The van der Waals surface area contributed by atoms with E-state index in [2.05, 4.69) is 47.3 Å². The van der Waals surface area contributed by atoms with E-state index in [9.17, 15) is 4.79 Å². The quantitative estimate of drug-likeness (QED) is 0.504. The molecule has 9 heteroatoms. The van der Waals surface area contributed by atoms with Crippen LogP contribution in [-0.4, -0.2) is 32.8 Å². The first-order valence-electron chi connectivity index (χ1n) is 9.53. The average molecular weight is 408 g/mol. The second-order valence-corrected chi connectivity index (χ2v) is 8.33. The Kier molecular flexibility index (Phi) is 4.61. The molecule has 3 aliphatic rings. The fourth-order valence-electron chi connectivity index (χ4n) is 3.27. The van der Waals surface area contributed by atoms with Crippen LogP contribution >= 0.6 is 11.9 Å². The van der Waals surface area contributed by atoms with E-state index in [0.717, 1.165) is 33.8 Å². The van der Waals surface area contributed by atoms with E-state index < -0.39 is 0 Å². The zero-order valence-corrected chi connectivity index (χ0v) is 16.7. The zero-order chi connectivity index (χ0) is 19.8. The van der Waals surface area contributed by atoms with E-state index in [1.807, 2.05) is 36.7 Å². The molecule has 3 N–H and O–H groups in total. The molecule has 29 heavy (non-hydrogen) atoms. The van der Waals surface area contributed by atoms with E-state index >= 15 is 0 Å². The fourth-order valence-corrected chi connectivity index (χ4v) is 4.13. The van der Waals surface area contributed by atoms with Gasteiger partial charge in [0, 0.05) is 29.5 Å². The summed E-state index contributed by atoms with van der Waals surface area (Å²) in [4.78, 5) is 18.8. The van der Waals surface area contributed by atoms with Crippen molar-refractivity contribution in [3.63, 3.8) is 0 Å². The van der Waals surface area contributed by atoms with Crippen LogP contribution in [0.15, 0.2) is 64.6 Å². The molecule has 0 bridgehead atoms. The monoisotopic (exact) mass is 407 g/mol. The zero-order valence-electron chi connectivity index (χ0n) is 15.9. The van der Waals surface area contributed by atoms with Gasteiger partial charge in [0.05, 0.1) is 18.1 Å². The maximum atomic E-state index is 11.2. The maximum Gasteiger partial charge on any atom is 0.285 e. The molecule has 2 aromatic rings. The largest absolute Gasteiger partial charge is 0.326 e. The van der Waals surface area contributed by atoms with Crippen LogP contribution in [0.1, 0.15) is 31.4 Å². The molecule has 1 saturated carbocycles. The number of rotatable bonds is 6. The number of carbonyl (C=O) groups excluding carboxylic acids is 1. The minimum absolute atomic E-state index is 0.0735. The van der Waals surface area contributed by atoms with Crippen molar-refractivity contribution in [2.24, 2.45) is 4.99 Å². The molecule has 1 radical (unpaired) electrons. The summed E-state index contributed by atoms with van der Waals surface area (Å²) in [6.07, 6.45) is 8.28. The third kappa shape index (κ3) is 4.06. The number of amidine groups is 1. The molecule has 0 unspecified atom stereocenters. The van der Waals surface area contributed by atoms with E-state index in [0.29, 0.717) is 12.5 Å². The Hall–Kier alpha value is -3.04. The number of aromatic nitrogens is 2. The lowest BCUT2D eigenvalue weighted by atomic mass is 10.3. The highest BCUT2D eigenvalue weighted by atomic mass is 32.2. The number of nitrogens with zero attached hydrogens (tertiary/aromatic N) is 4. The SMILES string of the molecule is CC(=O)Nc1ccc(SN2C=C(Nc3cc(C4CC4)n[nH]3)[N+]3C=CN=C3C2)cc1. The van der Waals surface area contributed by atoms with Crippen molar-refractivity contribution < 1.29 is 4.79 Å². The van der Waals surface area contributed by atoms with Gasteiger partial charge >= 0.3 is 0 Å². The molecule has 1 aromatic carbocycles. The van der Waals surface area contributed by atoms with Crippen molar-refractivity contribution in [3.8, 4) is 0 Å². The number of H-pyrrole nitrogens is 1. The van der Waals surface area contributed by atoms with Crippen molar-refractivity contribution in [2.45, 2.75) is 30.6 Å². The molecular formula is C20H21N7OS+. The van der Waals surface area contributed by atoms with Crippen LogP contribution in [0.25, 0.3) is 0 Å². The summed E-state index contributed by atoms with van der Waals surface area (Å²) in [6.45, 7) is 2.19. The molecule has 1 aromatic heterocycles. The molecule has 0 spiro atoms. The van der Waals surface area contributed by atoms with E-state index in [1.54, 1.807) is 11.9 Å². The molecule has 8 nitrogen and oxygen atoms in total. The number of anilines is 2. The first-order valence-corrected chi connectivity index (χ1v) is 10.3. The minimum Gasteiger partial charge on any atom is -0.326 e. The van der Waals surface area contributed by atoms with Crippen molar-refractivity contribution in [1.29, 1.82) is 0 Å². The summed E-state index contributed by atoms with van der Waals surface area (Å²) in [7, 11) is 0. The van der Waals surface area contributed by atoms with Crippen LogP contribution in [0.2, 0.25) is 0 Å². The van der Waals surface area contributed by atoms with Gasteiger partial charge in [0.2, 0.25) is 5.91 Å². The van der Waals surface area contributed by atoms with Crippen molar-refractivity contribution in [1.82, 2.24) is 19.4 Å². The highest BCUT2D eigenvalue weighted by Gasteiger charge is 2.37. The number of fused-ring (bicyclic) bond motifs is 1. The van der Waals surface area contributed by atoms with Crippen molar-refractivity contribution >= 4 is 35.2 Å². The molecule has 147 valence electrons. The van der Waals surface area contributed by atoms with Crippen molar-refractivity contribution in [3.05, 3.63) is 60.4 Å². The molecule has 2 aliphatic heterocycles. The number of aliphatic imine (C=N–C) groups is 1. The molecule has 1 aliphatic carbocycles. The number of hydrogen-bond donors (Lipinski definition) is 3. The third-order valence-corrected chi connectivity index (χ3v) is 5.75. The Balaban J connectivity index is 1.32. The smallest absolute Gasteiger partial charge is 0.285 e. The number of aromatic amines is 1. The van der Waals surface area contributed by atoms with Crippen LogP contribution < -0.4 is 15.5 Å². The Morgan fingerprint density at radius 2 is 2.14 bits per heavy atom. The topological polar surface area (TPSA) is 91.3 Å². The lowest BCUT2D eigenvalue weighted by molar-refractivity contribution is -0.114. The number of nitrogens with one attached hydrogen (secondary N) is 3. The maximum absolute atomic E-state index is 11.2. The molecule has 1 fully saturated rings. The summed E-state index contributed by atoms with van der Waals surface area (Å²) < 4.78 is 2.14. The summed E-state index contributed by atoms with van der Waals surface area (Å²) in [6, 6.07) is 9.88. The number of amides is 1. The van der Waals surface area contributed by atoms with Gasteiger partial charge in [-0.2, -0.15) is 10.1 Å². The van der Waals surface area contributed by atoms with E-state index in [4.69, 9.17) is 0 Å². The molecule has 1 amide bonds. The lowest BCUT2D eigenvalue weighted by Crippen LogP contribution is -2.42. The fraction of sp³-hybridized carbons (Fsp3) is 0.250. The van der Waals surface area contributed by atoms with Crippen LogP contribution in [0, 0.1) is 0 Å². The molecular weight excluding hydrogens is 386 g/mol. The van der Waals surface area contributed by atoms with E-state index in [-0.39, 0.29) is 5.91 Å². The second-order valence-electron chi connectivity index (χ2n) is 7.21. The van der Waals surface area contributed by atoms with Crippen LogP contribution in [0.3, 0.4) is 0 Å². The van der Waals surface area contributed by atoms with Crippen LogP contribution in [0.4, 0.5) is 11.5 Å². The van der Waals surface area contributed by atoms with Gasteiger partial charge < -0.3 is 5.32 Å². The predicted octanol–water partition coefficient (Wildman–Crippen LogP) is 3.50. The highest BCUT2D eigenvalue weighted by molar-refractivity contribution is 7.97. The van der Waals surface area contributed by atoms with Gasteiger partial charge in [-0.25, -0.2) is 0 Å². The standard InChI is InChI=1S/C20H21N7OS/c1-13(28)22-15-4-6-16(7-5-15)29-26-11-19-21-8-9-27(19)20(12-26)23-18-10-17(24-25-18)14-2-3-14/h4-10,12,14H,2-3,11H2,1H3,(H,22,28)(H2,23,24,25)/q+1. The summed E-state index contributed by atoms with van der Waals surface area (Å²) >= 11 is 1.62. The first-order chi connectivity index (χ1) is 14.1. The van der Waals surface area contributed by atoms with Gasteiger partial charge in [0.15, 0.2) is 6.20 Å². The number of carbonyl (C=O) groups is 1. The van der Waals surface area contributed by atoms with Crippen molar-refractivity contribution in [2.75, 3.05) is 17.2 Å².